The maximum absolute atomic E-state index is 3.83. The van der Waals surface area contributed by atoms with Crippen LogP contribution in [-0.4, -0.2) is 0 Å². The largest absolute Gasteiger partial charge is 0.0888 e. The third-order valence-corrected chi connectivity index (χ3v) is 2.56. The molecule has 0 radical (unpaired) electrons. The van der Waals surface area contributed by atoms with Crippen LogP contribution in [0.15, 0.2) is 29.3 Å². The molecule has 0 fully saturated rings. The highest BCUT2D eigenvalue weighted by atomic mass is 79.9. The zero-order valence-electron chi connectivity index (χ0n) is 8.23. The van der Waals surface area contributed by atoms with Gasteiger partial charge in [0.25, 0.3) is 0 Å². The molecule has 0 aliphatic carbocycles. The molecule has 0 heterocycles. The van der Waals surface area contributed by atoms with Crippen LogP contribution >= 0.6 is 15.9 Å². The lowest BCUT2D eigenvalue weighted by molar-refractivity contribution is 0.980. The minimum atomic E-state index is 1.02. The quantitative estimate of drug-likeness (QED) is 0.743. The lowest BCUT2D eigenvalue weighted by Crippen LogP contribution is -1.90. The van der Waals surface area contributed by atoms with Gasteiger partial charge >= 0.3 is 0 Å². The topological polar surface area (TPSA) is 0 Å². The summed E-state index contributed by atoms with van der Waals surface area (Å²) in [4.78, 5) is 0. The van der Waals surface area contributed by atoms with Crippen LogP contribution in [0.3, 0.4) is 0 Å². The maximum Gasteiger partial charge on any atom is -0.0118 e. The highest BCUT2D eigenvalue weighted by Crippen LogP contribution is 2.16. The van der Waals surface area contributed by atoms with Crippen LogP contribution in [0.1, 0.15) is 23.1 Å². The summed E-state index contributed by atoms with van der Waals surface area (Å²) in [6, 6.07) is 6.60. The van der Waals surface area contributed by atoms with Crippen molar-refractivity contribution in [3.8, 4) is 0 Å². The lowest BCUT2D eigenvalue weighted by Gasteiger charge is -2.05. The van der Waals surface area contributed by atoms with Gasteiger partial charge in [0, 0.05) is 0 Å². The normalized spacial score (nSPS) is 10.1. The summed E-state index contributed by atoms with van der Waals surface area (Å²) in [5.41, 5.74) is 4.14. The van der Waals surface area contributed by atoms with E-state index in [0.29, 0.717) is 0 Å². The van der Waals surface area contributed by atoms with E-state index in [2.05, 4.69) is 54.6 Å². The smallest absolute Gasteiger partial charge is 0.0118 e. The first-order chi connectivity index (χ1) is 6.09. The summed E-state index contributed by atoms with van der Waals surface area (Å²) < 4.78 is 1.08. The van der Waals surface area contributed by atoms with Gasteiger partial charge in [-0.1, -0.05) is 46.3 Å². The van der Waals surface area contributed by atoms with E-state index in [1.54, 1.807) is 0 Å². The SMILES string of the molecule is C=C(Br)CCc1ccc(C)cc1C. The molecule has 13 heavy (non-hydrogen) atoms. The number of allylic oxidation sites excluding steroid dienone is 1. The number of halogens is 1. The fourth-order valence-electron chi connectivity index (χ4n) is 1.40. The van der Waals surface area contributed by atoms with Gasteiger partial charge in [-0.15, -0.1) is 0 Å². The van der Waals surface area contributed by atoms with E-state index < -0.39 is 0 Å². The Labute approximate surface area is 88.8 Å². The second-order valence-electron chi connectivity index (χ2n) is 3.45. The van der Waals surface area contributed by atoms with Crippen molar-refractivity contribution in [3.63, 3.8) is 0 Å². The van der Waals surface area contributed by atoms with Crippen LogP contribution < -0.4 is 0 Å². The van der Waals surface area contributed by atoms with Gasteiger partial charge in [0.05, 0.1) is 0 Å². The molecule has 0 aliphatic rings. The van der Waals surface area contributed by atoms with Gasteiger partial charge in [-0.2, -0.15) is 0 Å². The number of hydrogen-bond acceptors (Lipinski definition) is 0. The van der Waals surface area contributed by atoms with Crippen LogP contribution in [0.4, 0.5) is 0 Å². The van der Waals surface area contributed by atoms with E-state index in [4.69, 9.17) is 0 Å². The standard InChI is InChI=1S/C12H15Br/c1-9-4-6-12(10(2)8-9)7-5-11(3)13/h4,6,8H,3,5,7H2,1-2H3. The van der Waals surface area contributed by atoms with Crippen molar-refractivity contribution in [3.05, 3.63) is 46.0 Å². The van der Waals surface area contributed by atoms with Gasteiger partial charge in [0.15, 0.2) is 0 Å². The lowest BCUT2D eigenvalue weighted by atomic mass is 10.0. The summed E-state index contributed by atoms with van der Waals surface area (Å²) in [7, 11) is 0. The zero-order chi connectivity index (χ0) is 9.84. The molecule has 70 valence electrons. The van der Waals surface area contributed by atoms with Gasteiger partial charge < -0.3 is 0 Å². The number of rotatable bonds is 3. The Morgan fingerprint density at radius 1 is 1.38 bits per heavy atom. The molecule has 0 aliphatic heterocycles. The van der Waals surface area contributed by atoms with E-state index in [-0.39, 0.29) is 0 Å². The summed E-state index contributed by atoms with van der Waals surface area (Å²) in [5, 5.41) is 0. The molecule has 0 bridgehead atoms. The third kappa shape index (κ3) is 3.35. The molecule has 0 saturated heterocycles. The van der Waals surface area contributed by atoms with Crippen molar-refractivity contribution in [2.75, 3.05) is 0 Å². The third-order valence-electron chi connectivity index (χ3n) is 2.16. The van der Waals surface area contributed by atoms with E-state index in [9.17, 15) is 0 Å². The van der Waals surface area contributed by atoms with Crippen molar-refractivity contribution in [2.45, 2.75) is 26.7 Å². The molecule has 0 aromatic heterocycles. The molecule has 0 spiro atoms. The van der Waals surface area contributed by atoms with Crippen molar-refractivity contribution in [1.29, 1.82) is 0 Å². The van der Waals surface area contributed by atoms with Crippen LogP contribution in [-0.2, 0) is 6.42 Å². The molecule has 1 aromatic carbocycles. The Kier molecular flexibility index (Phi) is 3.73. The Bertz CT molecular complexity index is 313. The Balaban J connectivity index is 2.72. The molecule has 0 nitrogen and oxygen atoms in total. The maximum atomic E-state index is 3.83. The summed E-state index contributed by atoms with van der Waals surface area (Å²) in [5.74, 6) is 0. The van der Waals surface area contributed by atoms with Gasteiger partial charge in [0.1, 0.15) is 0 Å². The first kappa shape index (κ1) is 10.5. The predicted molar refractivity (Wildman–Crippen MR) is 62.3 cm³/mol. The Hall–Kier alpha value is -0.560. The number of aryl methyl sites for hydroxylation is 3. The summed E-state index contributed by atoms with van der Waals surface area (Å²) >= 11 is 3.38. The average Bonchev–Trinajstić information content (AvgIpc) is 2.02. The minimum absolute atomic E-state index is 1.02. The monoisotopic (exact) mass is 238 g/mol. The second-order valence-corrected chi connectivity index (χ2v) is 4.57. The second kappa shape index (κ2) is 4.61. The molecule has 1 heteroatoms. The van der Waals surface area contributed by atoms with E-state index in [0.717, 1.165) is 17.3 Å². The fourth-order valence-corrected chi connectivity index (χ4v) is 1.59. The van der Waals surface area contributed by atoms with Crippen molar-refractivity contribution in [1.82, 2.24) is 0 Å². The molecule has 1 aromatic rings. The van der Waals surface area contributed by atoms with Crippen LogP contribution in [0.25, 0.3) is 0 Å². The Morgan fingerprint density at radius 2 is 2.08 bits per heavy atom. The van der Waals surface area contributed by atoms with Crippen LogP contribution in [0, 0.1) is 13.8 Å². The molecule has 0 N–H and O–H groups in total. The van der Waals surface area contributed by atoms with Crippen molar-refractivity contribution >= 4 is 15.9 Å². The highest BCUT2D eigenvalue weighted by Gasteiger charge is 1.98. The molecular formula is C12H15Br. The molecular weight excluding hydrogens is 224 g/mol. The summed E-state index contributed by atoms with van der Waals surface area (Å²) in [6.45, 7) is 8.13. The summed E-state index contributed by atoms with van der Waals surface area (Å²) in [6.07, 6.45) is 2.10. The zero-order valence-corrected chi connectivity index (χ0v) is 9.82. The van der Waals surface area contributed by atoms with Crippen LogP contribution in [0.2, 0.25) is 0 Å². The van der Waals surface area contributed by atoms with Gasteiger partial charge in [-0.25, -0.2) is 0 Å². The Morgan fingerprint density at radius 3 is 2.62 bits per heavy atom. The average molecular weight is 239 g/mol. The number of benzene rings is 1. The molecule has 0 unspecified atom stereocenters. The van der Waals surface area contributed by atoms with E-state index in [1.807, 2.05) is 0 Å². The predicted octanol–water partition coefficient (Wildman–Crippen LogP) is 4.14. The fraction of sp³-hybridized carbons (Fsp3) is 0.333. The van der Waals surface area contributed by atoms with E-state index >= 15 is 0 Å². The first-order valence-electron chi connectivity index (χ1n) is 4.49. The van der Waals surface area contributed by atoms with Gasteiger partial charge in [0.2, 0.25) is 0 Å². The number of hydrogen-bond donors (Lipinski definition) is 0. The van der Waals surface area contributed by atoms with Gasteiger partial charge in [-0.05, 0) is 42.3 Å². The molecule has 0 saturated carbocycles. The first-order valence-corrected chi connectivity index (χ1v) is 5.28. The van der Waals surface area contributed by atoms with E-state index in [1.165, 1.54) is 16.7 Å². The van der Waals surface area contributed by atoms with Crippen molar-refractivity contribution in [2.24, 2.45) is 0 Å². The van der Waals surface area contributed by atoms with Crippen LogP contribution in [0.5, 0.6) is 0 Å². The van der Waals surface area contributed by atoms with Gasteiger partial charge in [-0.3, -0.25) is 0 Å². The molecule has 0 atom stereocenters. The molecule has 0 amide bonds. The molecule has 1 rings (SSSR count). The van der Waals surface area contributed by atoms with Crippen molar-refractivity contribution < 1.29 is 0 Å². The highest BCUT2D eigenvalue weighted by molar-refractivity contribution is 9.11. The minimum Gasteiger partial charge on any atom is -0.0888 e.